The third kappa shape index (κ3) is 3.72. The fourth-order valence-electron chi connectivity index (χ4n) is 4.34. The fraction of sp³-hybridized carbons (Fsp3) is 0.280. The van der Waals surface area contributed by atoms with Crippen LogP contribution in [0.1, 0.15) is 36.3 Å². The Morgan fingerprint density at radius 1 is 0.970 bits per heavy atom. The Balaban J connectivity index is 1.24. The lowest BCUT2D eigenvalue weighted by molar-refractivity contribution is -0.148. The van der Waals surface area contributed by atoms with Crippen molar-refractivity contribution in [3.05, 3.63) is 65.7 Å². The first-order valence-electron chi connectivity index (χ1n) is 11.1. The van der Waals surface area contributed by atoms with Crippen molar-refractivity contribution >= 4 is 5.97 Å². The van der Waals surface area contributed by atoms with E-state index in [2.05, 4.69) is 15.3 Å². The van der Waals surface area contributed by atoms with Crippen LogP contribution in [0.3, 0.4) is 0 Å². The first kappa shape index (κ1) is 19.9. The largest absolute Gasteiger partial charge is 0.480 e. The molecule has 1 atom stereocenters. The zero-order valence-electron chi connectivity index (χ0n) is 17.8. The van der Waals surface area contributed by atoms with Crippen molar-refractivity contribution < 1.29 is 18.9 Å². The number of carboxylic acid groups (broad SMARTS) is 1. The molecule has 1 saturated heterocycles. The van der Waals surface area contributed by atoms with Gasteiger partial charge in [-0.15, -0.1) is 0 Å². The van der Waals surface area contributed by atoms with E-state index in [9.17, 15) is 9.90 Å². The van der Waals surface area contributed by atoms with E-state index in [1.165, 1.54) is 0 Å². The molecule has 6 rings (SSSR count). The average molecular weight is 442 g/mol. The summed E-state index contributed by atoms with van der Waals surface area (Å²) < 4.78 is 11.3. The Bertz CT molecular complexity index is 1290. The lowest BCUT2D eigenvalue weighted by Crippen LogP contribution is -2.51. The average Bonchev–Trinajstić information content (AvgIpc) is 3.36. The summed E-state index contributed by atoms with van der Waals surface area (Å²) in [5, 5.41) is 17.7. The molecule has 1 unspecified atom stereocenters. The SMILES string of the molecule is O=C(O)C1CCN1Cc1ccc(-c2noc(-c3noc(-c4ccccc4)c3C3CC3)n2)cc1. The Morgan fingerprint density at radius 3 is 2.42 bits per heavy atom. The summed E-state index contributed by atoms with van der Waals surface area (Å²) in [6, 6.07) is 17.4. The molecular formula is C25H22N4O4. The third-order valence-corrected chi connectivity index (χ3v) is 6.39. The van der Waals surface area contributed by atoms with Crippen molar-refractivity contribution in [1.29, 1.82) is 0 Å². The van der Waals surface area contributed by atoms with Crippen molar-refractivity contribution in [3.63, 3.8) is 0 Å². The highest BCUT2D eigenvalue weighted by Gasteiger charge is 2.36. The number of aliphatic carboxylic acids is 1. The molecule has 0 spiro atoms. The minimum Gasteiger partial charge on any atom is -0.480 e. The van der Waals surface area contributed by atoms with Crippen molar-refractivity contribution in [2.75, 3.05) is 6.54 Å². The van der Waals surface area contributed by atoms with Crippen LogP contribution >= 0.6 is 0 Å². The van der Waals surface area contributed by atoms with Gasteiger partial charge in [0, 0.05) is 29.8 Å². The first-order chi connectivity index (χ1) is 16.2. The van der Waals surface area contributed by atoms with Gasteiger partial charge in [-0.25, -0.2) is 0 Å². The van der Waals surface area contributed by atoms with Crippen molar-refractivity contribution in [2.45, 2.75) is 37.8 Å². The molecule has 0 amide bonds. The lowest BCUT2D eigenvalue weighted by atomic mass is 10.0. The molecule has 1 N–H and O–H groups in total. The molecule has 33 heavy (non-hydrogen) atoms. The number of carboxylic acids is 1. The Labute approximate surface area is 189 Å². The number of hydrogen-bond acceptors (Lipinski definition) is 7. The van der Waals surface area contributed by atoms with Crippen LogP contribution in [0.25, 0.3) is 34.3 Å². The van der Waals surface area contributed by atoms with Gasteiger partial charge in [-0.2, -0.15) is 4.98 Å². The summed E-state index contributed by atoms with van der Waals surface area (Å²) in [4.78, 5) is 17.8. The second-order valence-corrected chi connectivity index (χ2v) is 8.65. The molecule has 3 heterocycles. The number of rotatable bonds is 7. The molecule has 0 bridgehead atoms. The second-order valence-electron chi connectivity index (χ2n) is 8.65. The second kappa shape index (κ2) is 7.97. The van der Waals surface area contributed by atoms with Gasteiger partial charge in [0.25, 0.3) is 5.89 Å². The lowest BCUT2D eigenvalue weighted by Gasteiger charge is -2.37. The van der Waals surface area contributed by atoms with Gasteiger partial charge in [0.1, 0.15) is 6.04 Å². The minimum atomic E-state index is -0.758. The highest BCUT2D eigenvalue weighted by atomic mass is 16.5. The van der Waals surface area contributed by atoms with Crippen molar-refractivity contribution in [2.24, 2.45) is 0 Å². The summed E-state index contributed by atoms with van der Waals surface area (Å²) in [7, 11) is 0. The van der Waals surface area contributed by atoms with Gasteiger partial charge in [0.15, 0.2) is 11.5 Å². The quantitative estimate of drug-likeness (QED) is 0.443. The van der Waals surface area contributed by atoms with E-state index in [-0.39, 0.29) is 6.04 Å². The molecular weight excluding hydrogens is 420 g/mol. The number of likely N-dealkylation sites (tertiary alicyclic amines) is 1. The van der Waals surface area contributed by atoms with Gasteiger partial charge < -0.3 is 14.2 Å². The highest BCUT2D eigenvalue weighted by Crippen LogP contribution is 2.48. The van der Waals surface area contributed by atoms with E-state index in [4.69, 9.17) is 9.05 Å². The van der Waals surface area contributed by atoms with Crippen LogP contribution in [0.5, 0.6) is 0 Å². The Hall–Kier alpha value is -3.78. The van der Waals surface area contributed by atoms with Gasteiger partial charge in [0.2, 0.25) is 5.82 Å². The van der Waals surface area contributed by atoms with E-state index in [1.807, 2.05) is 59.5 Å². The van der Waals surface area contributed by atoms with Crippen LogP contribution in [-0.2, 0) is 11.3 Å². The van der Waals surface area contributed by atoms with Gasteiger partial charge in [-0.3, -0.25) is 9.69 Å². The van der Waals surface area contributed by atoms with Crippen LogP contribution < -0.4 is 0 Å². The van der Waals surface area contributed by atoms with Crippen LogP contribution in [0.15, 0.2) is 63.6 Å². The topological polar surface area (TPSA) is 105 Å². The summed E-state index contributed by atoms with van der Waals surface area (Å²) >= 11 is 0. The van der Waals surface area contributed by atoms with Crippen molar-refractivity contribution in [3.8, 4) is 34.3 Å². The molecule has 1 aliphatic heterocycles. The predicted octanol–water partition coefficient (Wildman–Crippen LogP) is 4.59. The highest BCUT2D eigenvalue weighted by molar-refractivity contribution is 5.74. The minimum absolute atomic E-state index is 0.354. The smallest absolute Gasteiger partial charge is 0.320 e. The predicted molar refractivity (Wildman–Crippen MR) is 119 cm³/mol. The number of hydrogen-bond donors (Lipinski definition) is 1. The van der Waals surface area contributed by atoms with Crippen LogP contribution in [-0.4, -0.2) is 43.9 Å². The number of nitrogens with zero attached hydrogens (tertiary/aromatic N) is 4. The van der Waals surface area contributed by atoms with E-state index < -0.39 is 5.97 Å². The van der Waals surface area contributed by atoms with Gasteiger partial charge in [0.05, 0.1) is 0 Å². The van der Waals surface area contributed by atoms with Crippen molar-refractivity contribution in [1.82, 2.24) is 20.2 Å². The maximum absolute atomic E-state index is 11.2. The molecule has 166 valence electrons. The van der Waals surface area contributed by atoms with Crippen LogP contribution in [0, 0.1) is 0 Å². The third-order valence-electron chi connectivity index (χ3n) is 6.39. The van der Waals surface area contributed by atoms with Gasteiger partial charge >= 0.3 is 5.97 Å². The van der Waals surface area contributed by atoms with Gasteiger partial charge in [-0.05, 0) is 30.7 Å². The van der Waals surface area contributed by atoms with E-state index >= 15 is 0 Å². The maximum Gasteiger partial charge on any atom is 0.320 e. The van der Waals surface area contributed by atoms with Crippen LogP contribution in [0.4, 0.5) is 0 Å². The van der Waals surface area contributed by atoms with E-state index in [0.717, 1.165) is 47.4 Å². The maximum atomic E-state index is 11.2. The molecule has 2 aliphatic rings. The standard InChI is InChI=1S/C25H22N4O4/c30-25(31)19-12-13-29(19)14-15-6-8-18(9-7-15)23-26-24(33-28-23)21-20(16-10-11-16)22(32-27-21)17-4-2-1-3-5-17/h1-9,16,19H,10-14H2,(H,30,31). The zero-order chi connectivity index (χ0) is 22.4. The molecule has 0 radical (unpaired) electrons. The summed E-state index contributed by atoms with van der Waals surface area (Å²) in [5.41, 5.74) is 4.51. The summed E-state index contributed by atoms with van der Waals surface area (Å²) in [6.07, 6.45) is 2.89. The van der Waals surface area contributed by atoms with Crippen LogP contribution in [0.2, 0.25) is 0 Å². The molecule has 1 aliphatic carbocycles. The fourth-order valence-corrected chi connectivity index (χ4v) is 4.34. The number of benzene rings is 2. The molecule has 2 fully saturated rings. The first-order valence-corrected chi connectivity index (χ1v) is 11.1. The molecule has 8 heteroatoms. The molecule has 1 saturated carbocycles. The number of aromatic nitrogens is 3. The van der Waals surface area contributed by atoms with E-state index in [1.54, 1.807) is 0 Å². The molecule has 2 aromatic heterocycles. The number of carbonyl (C=O) groups is 1. The molecule has 8 nitrogen and oxygen atoms in total. The molecule has 2 aromatic carbocycles. The monoisotopic (exact) mass is 442 g/mol. The Morgan fingerprint density at radius 2 is 1.76 bits per heavy atom. The Kier molecular flexibility index (Phi) is 4.80. The summed E-state index contributed by atoms with van der Waals surface area (Å²) in [6.45, 7) is 1.42. The normalized spacial score (nSPS) is 18.2. The van der Waals surface area contributed by atoms with Gasteiger partial charge in [-0.1, -0.05) is 64.9 Å². The zero-order valence-corrected chi connectivity index (χ0v) is 17.8. The summed E-state index contributed by atoms with van der Waals surface area (Å²) in [5.74, 6) is 1.24. The molecule has 4 aromatic rings. The van der Waals surface area contributed by atoms with E-state index in [0.29, 0.717) is 36.3 Å².